The molecule has 10 nitrogen and oxygen atoms in total. The summed E-state index contributed by atoms with van der Waals surface area (Å²) in [7, 11) is -9.80. The second-order valence-corrected chi connectivity index (χ2v) is 11.2. The normalized spacial score (nSPS) is 13.2. The van der Waals surface area contributed by atoms with E-state index in [-0.39, 0.29) is 6.42 Å². The quantitative estimate of drug-likeness (QED) is 0.0683. The minimum absolute atomic E-state index is 0.153. The van der Waals surface area contributed by atoms with Gasteiger partial charge in [0, 0.05) is 6.42 Å². The van der Waals surface area contributed by atoms with Crippen molar-refractivity contribution in [3.05, 3.63) is 0 Å². The lowest BCUT2D eigenvalue weighted by Gasteiger charge is -2.18. The lowest BCUT2D eigenvalue weighted by molar-refractivity contribution is -0.147. The van der Waals surface area contributed by atoms with Gasteiger partial charge in [0.15, 0.2) is 0 Å². The minimum Gasteiger partial charge on any atom is -0.463 e. The molecule has 1 atom stereocenters. The van der Waals surface area contributed by atoms with Crippen LogP contribution in [0.5, 0.6) is 0 Å². The van der Waals surface area contributed by atoms with Gasteiger partial charge >= 0.3 is 21.6 Å². The fourth-order valence-corrected chi connectivity index (χ4v) is 4.43. The average molecular weight is 533 g/mol. The van der Waals surface area contributed by atoms with E-state index in [9.17, 15) is 13.9 Å². The zero-order valence-corrected chi connectivity index (χ0v) is 22.4. The Morgan fingerprint density at radius 1 is 0.647 bits per heavy atom. The van der Waals surface area contributed by atoms with Gasteiger partial charge in [-0.05, 0) is 6.42 Å². The van der Waals surface area contributed by atoms with Gasteiger partial charge in [0.2, 0.25) is 0 Å². The number of phosphoric ester groups is 2. The number of phosphoric acid groups is 2. The summed E-state index contributed by atoms with van der Waals surface area (Å²) in [6, 6.07) is 0. The first-order chi connectivity index (χ1) is 16.0. The number of hydrogen-bond donors (Lipinski definition) is 4. The van der Waals surface area contributed by atoms with Crippen LogP contribution in [0.3, 0.4) is 0 Å². The molecule has 0 spiro atoms. The van der Waals surface area contributed by atoms with Crippen molar-refractivity contribution >= 4 is 21.6 Å². The Bertz CT molecular complexity index is 590. The highest BCUT2D eigenvalue weighted by atomic mass is 31.2. The van der Waals surface area contributed by atoms with E-state index in [4.69, 9.17) is 24.3 Å². The fraction of sp³-hybridized carbons (Fsp3) is 0.955. The molecule has 0 fully saturated rings. The molecule has 0 rings (SSSR count). The number of unbranched alkanes of at least 4 members (excludes halogenated alkanes) is 15. The maximum atomic E-state index is 11.8. The summed E-state index contributed by atoms with van der Waals surface area (Å²) in [6.07, 6.45) is 18.2. The Hall–Kier alpha value is -0.310. The van der Waals surface area contributed by atoms with E-state index >= 15 is 0 Å². The molecule has 0 bridgehead atoms. The molecule has 4 N–H and O–H groups in total. The minimum atomic E-state index is -4.94. The monoisotopic (exact) mass is 532 g/mol. The Balaban J connectivity index is 3.64. The van der Waals surface area contributed by atoms with Crippen molar-refractivity contribution in [2.24, 2.45) is 0 Å². The topological polar surface area (TPSA) is 160 Å². The summed E-state index contributed by atoms with van der Waals surface area (Å²) < 4.78 is 35.1. The molecule has 0 aliphatic carbocycles. The number of esters is 1. The molecule has 0 aromatic carbocycles. The lowest BCUT2D eigenvalue weighted by Crippen LogP contribution is -2.26. The van der Waals surface area contributed by atoms with E-state index in [1.807, 2.05) is 0 Å². The summed E-state index contributed by atoms with van der Waals surface area (Å²) >= 11 is 0. The van der Waals surface area contributed by atoms with Crippen LogP contribution in [0.4, 0.5) is 0 Å². The van der Waals surface area contributed by atoms with Crippen LogP contribution in [0.15, 0.2) is 0 Å². The highest BCUT2D eigenvalue weighted by Crippen LogP contribution is 2.40. The molecule has 0 amide bonds. The largest absolute Gasteiger partial charge is 0.470 e. The summed E-state index contributed by atoms with van der Waals surface area (Å²) in [6.45, 7) is 0.830. The summed E-state index contributed by atoms with van der Waals surface area (Å²) in [5.74, 6) is -0.569. The van der Waals surface area contributed by atoms with Crippen molar-refractivity contribution in [3.8, 4) is 0 Å². The molecule has 0 aromatic heterocycles. The van der Waals surface area contributed by atoms with E-state index in [1.165, 1.54) is 77.0 Å². The number of ether oxygens (including phenoxy) is 1. The van der Waals surface area contributed by atoms with Gasteiger partial charge in [0.1, 0.15) is 12.7 Å². The molecule has 12 heteroatoms. The third-order valence-corrected chi connectivity index (χ3v) is 6.44. The maximum Gasteiger partial charge on any atom is 0.470 e. The zero-order chi connectivity index (χ0) is 25.7. The number of rotatable bonds is 24. The van der Waals surface area contributed by atoms with Gasteiger partial charge in [0.25, 0.3) is 0 Å². The van der Waals surface area contributed by atoms with Crippen LogP contribution in [0.25, 0.3) is 0 Å². The molecule has 0 heterocycles. The second kappa shape index (κ2) is 20.8. The van der Waals surface area contributed by atoms with E-state index in [0.29, 0.717) is 6.42 Å². The predicted octanol–water partition coefficient (Wildman–Crippen LogP) is 5.77. The van der Waals surface area contributed by atoms with Crippen molar-refractivity contribution in [2.45, 2.75) is 122 Å². The molecule has 34 heavy (non-hydrogen) atoms. The number of carbonyl (C=O) groups excluding carboxylic acids is 1. The van der Waals surface area contributed by atoms with Crippen LogP contribution < -0.4 is 0 Å². The van der Waals surface area contributed by atoms with Crippen LogP contribution >= 0.6 is 15.6 Å². The van der Waals surface area contributed by atoms with Gasteiger partial charge in [-0.2, -0.15) is 0 Å². The molecule has 204 valence electrons. The van der Waals surface area contributed by atoms with Crippen molar-refractivity contribution in [3.63, 3.8) is 0 Å². The van der Waals surface area contributed by atoms with Gasteiger partial charge in [-0.25, -0.2) is 9.13 Å². The molecule has 0 saturated carbocycles. The van der Waals surface area contributed by atoms with Crippen LogP contribution in [0, 0.1) is 0 Å². The van der Waals surface area contributed by atoms with Crippen molar-refractivity contribution in [1.82, 2.24) is 0 Å². The van der Waals surface area contributed by atoms with Gasteiger partial charge in [-0.1, -0.05) is 103 Å². The molecule has 0 aromatic rings. The molecule has 0 saturated heterocycles. The molecule has 0 aliphatic rings. The molecule has 0 radical (unpaired) electrons. The van der Waals surface area contributed by atoms with Crippen LogP contribution in [0.1, 0.15) is 116 Å². The Morgan fingerprint density at radius 2 is 1.06 bits per heavy atom. The second-order valence-electron chi connectivity index (χ2n) is 8.74. The first kappa shape index (κ1) is 33.7. The first-order valence-electron chi connectivity index (χ1n) is 12.6. The standard InChI is InChI=1S/C22H46O10P2/c1-2-3-4-5-6-7-8-9-10-11-12-13-14-15-16-17-18-22(23)30-19-21(32-34(27,28)29)20-31-33(24,25)26/h21H,2-20H2,1H3,(H2,24,25,26)(H2,27,28,29). The van der Waals surface area contributed by atoms with Crippen molar-refractivity contribution < 1.29 is 47.3 Å². The highest BCUT2D eigenvalue weighted by Gasteiger charge is 2.27. The highest BCUT2D eigenvalue weighted by molar-refractivity contribution is 7.46. The Labute approximate surface area is 204 Å². The molecule has 0 aliphatic heterocycles. The van der Waals surface area contributed by atoms with Gasteiger partial charge in [-0.15, -0.1) is 0 Å². The van der Waals surface area contributed by atoms with Crippen molar-refractivity contribution in [1.29, 1.82) is 0 Å². The number of carbonyl (C=O) groups is 1. The first-order valence-corrected chi connectivity index (χ1v) is 15.7. The molecular formula is C22H46O10P2. The van der Waals surface area contributed by atoms with Gasteiger partial charge in [0.05, 0.1) is 6.61 Å². The SMILES string of the molecule is CCCCCCCCCCCCCCCCCCC(=O)OCC(COP(=O)(O)O)OP(=O)(O)O. The number of hydrogen-bond acceptors (Lipinski definition) is 6. The lowest BCUT2D eigenvalue weighted by atomic mass is 10.0. The van der Waals surface area contributed by atoms with E-state index in [0.717, 1.165) is 19.3 Å². The van der Waals surface area contributed by atoms with Crippen LogP contribution in [0.2, 0.25) is 0 Å². The van der Waals surface area contributed by atoms with Crippen molar-refractivity contribution in [2.75, 3.05) is 13.2 Å². The zero-order valence-electron chi connectivity index (χ0n) is 20.6. The summed E-state index contributed by atoms with van der Waals surface area (Å²) in [5, 5.41) is 0. The Kier molecular flexibility index (Phi) is 20.6. The molecule has 1 unspecified atom stereocenters. The average Bonchev–Trinajstić information content (AvgIpc) is 2.74. The maximum absolute atomic E-state index is 11.8. The molecular weight excluding hydrogens is 486 g/mol. The van der Waals surface area contributed by atoms with E-state index in [1.54, 1.807) is 0 Å². The third-order valence-electron chi connectivity index (χ3n) is 5.38. The van der Waals surface area contributed by atoms with E-state index in [2.05, 4.69) is 16.0 Å². The third kappa shape index (κ3) is 26.3. The smallest absolute Gasteiger partial charge is 0.463 e. The van der Waals surface area contributed by atoms with E-state index < -0.39 is 40.9 Å². The summed E-state index contributed by atoms with van der Waals surface area (Å²) in [4.78, 5) is 46.8. The van der Waals surface area contributed by atoms with Crippen LogP contribution in [-0.4, -0.2) is 44.9 Å². The van der Waals surface area contributed by atoms with Crippen LogP contribution in [-0.2, 0) is 27.7 Å². The fourth-order valence-electron chi connectivity index (χ4n) is 3.56. The Morgan fingerprint density at radius 3 is 1.44 bits per heavy atom. The summed E-state index contributed by atoms with van der Waals surface area (Å²) in [5.41, 5.74) is 0. The van der Waals surface area contributed by atoms with Gasteiger partial charge < -0.3 is 24.3 Å². The van der Waals surface area contributed by atoms with Gasteiger partial charge in [-0.3, -0.25) is 13.8 Å². The predicted molar refractivity (Wildman–Crippen MR) is 130 cm³/mol.